The Morgan fingerprint density at radius 2 is 1.86 bits per heavy atom. The maximum atomic E-state index is 13.7. The lowest BCUT2D eigenvalue weighted by molar-refractivity contribution is -0.169. The molecule has 1 amide bonds. The average Bonchev–Trinajstić information content (AvgIpc) is 3.12. The van der Waals surface area contributed by atoms with Gasteiger partial charge in [-0.15, -0.1) is 0 Å². The van der Waals surface area contributed by atoms with Crippen molar-refractivity contribution in [2.45, 2.75) is 56.6 Å². The topological polar surface area (TPSA) is 70.0 Å². The first-order chi connectivity index (χ1) is 13.4. The molecule has 0 radical (unpaired) electrons. The molecule has 2 aromatic carbocycles. The van der Waals surface area contributed by atoms with Crippen LogP contribution in [0.2, 0.25) is 0 Å². The van der Waals surface area contributed by atoms with E-state index in [0.29, 0.717) is 0 Å². The Kier molecular flexibility index (Phi) is 4.78. The molecule has 1 heterocycles. The zero-order valence-corrected chi connectivity index (χ0v) is 16.3. The molecule has 28 heavy (non-hydrogen) atoms. The van der Waals surface area contributed by atoms with E-state index in [1.165, 1.54) is 5.56 Å². The molecule has 0 saturated carbocycles. The zero-order chi connectivity index (χ0) is 19.9. The van der Waals surface area contributed by atoms with Gasteiger partial charge >= 0.3 is 0 Å². The van der Waals surface area contributed by atoms with Gasteiger partial charge in [-0.05, 0) is 30.5 Å². The van der Waals surface area contributed by atoms with Gasteiger partial charge < -0.3 is 19.8 Å². The minimum Gasteiger partial charge on any atom is -0.396 e. The Morgan fingerprint density at radius 1 is 1.18 bits per heavy atom. The van der Waals surface area contributed by atoms with Crippen LogP contribution in [0, 0.1) is 0 Å². The summed E-state index contributed by atoms with van der Waals surface area (Å²) in [5, 5.41) is 21.0. The Balaban J connectivity index is 1.71. The van der Waals surface area contributed by atoms with E-state index in [0.717, 1.165) is 17.5 Å². The van der Waals surface area contributed by atoms with Gasteiger partial charge in [-0.2, -0.15) is 0 Å². The summed E-state index contributed by atoms with van der Waals surface area (Å²) in [7, 11) is 0. The van der Waals surface area contributed by atoms with Gasteiger partial charge in [0.05, 0.1) is 12.1 Å². The van der Waals surface area contributed by atoms with Crippen molar-refractivity contribution in [3.05, 3.63) is 71.3 Å². The summed E-state index contributed by atoms with van der Waals surface area (Å²) in [5.74, 6) is -0.389. The second kappa shape index (κ2) is 6.99. The molecule has 2 N–H and O–H groups in total. The number of benzene rings is 2. The molecule has 2 aliphatic rings. The van der Waals surface area contributed by atoms with Crippen LogP contribution in [0.4, 0.5) is 0 Å². The van der Waals surface area contributed by atoms with Crippen LogP contribution in [0.1, 0.15) is 43.0 Å². The molecule has 2 aromatic rings. The SMILES string of the molecule is CC1(C)O[C@@H]2Cc3ccccc3C2N1C(=O)[C@](O)(CCO)Cc1ccccc1. The van der Waals surface area contributed by atoms with E-state index in [4.69, 9.17) is 4.74 Å². The van der Waals surface area contributed by atoms with E-state index in [9.17, 15) is 15.0 Å². The van der Waals surface area contributed by atoms with Crippen LogP contribution in [0.25, 0.3) is 0 Å². The lowest BCUT2D eigenvalue weighted by Gasteiger charge is -2.39. The highest BCUT2D eigenvalue weighted by Crippen LogP contribution is 2.49. The van der Waals surface area contributed by atoms with E-state index in [2.05, 4.69) is 6.07 Å². The minimum absolute atomic E-state index is 0.0215. The first kappa shape index (κ1) is 19.1. The summed E-state index contributed by atoms with van der Waals surface area (Å²) in [4.78, 5) is 15.4. The summed E-state index contributed by atoms with van der Waals surface area (Å²) in [5.41, 5.74) is 0.591. The van der Waals surface area contributed by atoms with Crippen molar-refractivity contribution in [3.63, 3.8) is 0 Å². The fourth-order valence-corrected chi connectivity index (χ4v) is 4.70. The predicted molar refractivity (Wildman–Crippen MR) is 105 cm³/mol. The van der Waals surface area contributed by atoms with Gasteiger partial charge in [0.1, 0.15) is 11.3 Å². The number of ether oxygens (including phenoxy) is 1. The van der Waals surface area contributed by atoms with Gasteiger partial charge in [0.15, 0.2) is 0 Å². The predicted octanol–water partition coefficient (Wildman–Crippen LogP) is 2.60. The number of amides is 1. The normalized spacial score (nSPS) is 24.5. The Hall–Kier alpha value is -2.21. The highest BCUT2D eigenvalue weighted by molar-refractivity contribution is 5.87. The van der Waals surface area contributed by atoms with Crippen LogP contribution in [0.5, 0.6) is 0 Å². The second-order valence-electron chi connectivity index (χ2n) is 8.29. The molecule has 3 atom stereocenters. The third-order valence-electron chi connectivity index (χ3n) is 5.93. The Labute approximate surface area is 165 Å². The summed E-state index contributed by atoms with van der Waals surface area (Å²) < 4.78 is 6.24. The molecule has 5 nitrogen and oxygen atoms in total. The zero-order valence-electron chi connectivity index (χ0n) is 16.3. The number of carbonyl (C=O) groups is 1. The van der Waals surface area contributed by atoms with E-state index >= 15 is 0 Å². The third kappa shape index (κ3) is 3.13. The quantitative estimate of drug-likeness (QED) is 0.835. The van der Waals surface area contributed by atoms with Crippen molar-refractivity contribution >= 4 is 5.91 Å². The Bertz CT molecular complexity index is 866. The number of fused-ring (bicyclic) bond motifs is 3. The molecule has 1 unspecified atom stereocenters. The highest BCUT2D eigenvalue weighted by Gasteiger charge is 2.56. The van der Waals surface area contributed by atoms with Crippen molar-refractivity contribution in [3.8, 4) is 0 Å². The summed E-state index contributed by atoms with van der Waals surface area (Å²) >= 11 is 0. The standard InChI is InChI=1S/C23H27NO4/c1-22(2)24(20-18-11-7-6-10-17(18)14-19(20)28-22)21(26)23(27,12-13-25)15-16-8-4-3-5-9-16/h3-11,19-20,25,27H,12-15H2,1-2H3/t19-,20?,23+/m1/s1. The molecule has 4 rings (SSSR count). The fraction of sp³-hybridized carbons (Fsp3) is 0.435. The first-order valence-corrected chi connectivity index (χ1v) is 9.82. The van der Waals surface area contributed by atoms with Crippen LogP contribution >= 0.6 is 0 Å². The van der Waals surface area contributed by atoms with Crippen LogP contribution in [0.3, 0.4) is 0 Å². The maximum absolute atomic E-state index is 13.7. The maximum Gasteiger partial charge on any atom is 0.257 e. The number of hydrogen-bond donors (Lipinski definition) is 2. The third-order valence-corrected chi connectivity index (χ3v) is 5.93. The Morgan fingerprint density at radius 3 is 2.57 bits per heavy atom. The van der Waals surface area contributed by atoms with Crippen molar-refractivity contribution in [2.75, 3.05) is 6.61 Å². The average molecular weight is 381 g/mol. The lowest BCUT2D eigenvalue weighted by Crippen LogP contribution is -2.56. The van der Waals surface area contributed by atoms with E-state index in [-0.39, 0.29) is 37.5 Å². The largest absolute Gasteiger partial charge is 0.396 e. The molecule has 0 bridgehead atoms. The molecule has 0 spiro atoms. The minimum atomic E-state index is -1.69. The van der Waals surface area contributed by atoms with Crippen molar-refractivity contribution < 1.29 is 19.7 Å². The molecular formula is C23H27NO4. The van der Waals surface area contributed by atoms with Crippen molar-refractivity contribution in [1.29, 1.82) is 0 Å². The van der Waals surface area contributed by atoms with E-state index < -0.39 is 11.3 Å². The lowest BCUT2D eigenvalue weighted by atomic mass is 9.88. The van der Waals surface area contributed by atoms with Gasteiger partial charge in [0, 0.05) is 25.9 Å². The summed E-state index contributed by atoms with van der Waals surface area (Å²) in [6, 6.07) is 17.3. The van der Waals surface area contributed by atoms with E-state index in [1.54, 1.807) is 4.90 Å². The number of aliphatic hydroxyl groups excluding tert-OH is 1. The van der Waals surface area contributed by atoms with Gasteiger partial charge in [-0.1, -0.05) is 54.6 Å². The smallest absolute Gasteiger partial charge is 0.257 e. The van der Waals surface area contributed by atoms with Crippen LogP contribution in [-0.2, 0) is 22.4 Å². The summed E-state index contributed by atoms with van der Waals surface area (Å²) in [6.45, 7) is 3.47. The van der Waals surface area contributed by atoms with Crippen LogP contribution in [-0.4, -0.2) is 45.1 Å². The molecule has 148 valence electrons. The monoisotopic (exact) mass is 381 g/mol. The highest BCUT2D eigenvalue weighted by atomic mass is 16.5. The first-order valence-electron chi connectivity index (χ1n) is 9.82. The molecule has 5 heteroatoms. The summed E-state index contributed by atoms with van der Waals surface area (Å²) in [6.07, 6.45) is 0.766. The number of hydrogen-bond acceptors (Lipinski definition) is 4. The van der Waals surface area contributed by atoms with Crippen molar-refractivity contribution in [2.24, 2.45) is 0 Å². The second-order valence-corrected chi connectivity index (χ2v) is 8.29. The fourth-order valence-electron chi connectivity index (χ4n) is 4.70. The molecule has 1 saturated heterocycles. The number of nitrogens with zero attached hydrogens (tertiary/aromatic N) is 1. The molecule has 1 aliphatic carbocycles. The van der Waals surface area contributed by atoms with Gasteiger partial charge in [0.2, 0.25) is 0 Å². The number of rotatable bonds is 5. The van der Waals surface area contributed by atoms with Crippen molar-refractivity contribution in [1.82, 2.24) is 4.90 Å². The molecule has 1 aliphatic heterocycles. The van der Waals surface area contributed by atoms with Crippen LogP contribution < -0.4 is 0 Å². The number of aliphatic hydroxyl groups is 2. The molecule has 0 aromatic heterocycles. The molecular weight excluding hydrogens is 354 g/mol. The van der Waals surface area contributed by atoms with Crippen LogP contribution in [0.15, 0.2) is 54.6 Å². The molecule has 1 fully saturated rings. The van der Waals surface area contributed by atoms with Gasteiger partial charge in [0.25, 0.3) is 5.91 Å². The number of carbonyl (C=O) groups excluding carboxylic acids is 1. The van der Waals surface area contributed by atoms with E-state index in [1.807, 2.05) is 62.4 Å². The van der Waals surface area contributed by atoms with Gasteiger partial charge in [-0.3, -0.25) is 4.79 Å². The van der Waals surface area contributed by atoms with Gasteiger partial charge in [-0.25, -0.2) is 0 Å².